The summed E-state index contributed by atoms with van der Waals surface area (Å²) in [5.41, 5.74) is 3.98. The molecule has 8 heteroatoms. The van der Waals surface area contributed by atoms with Crippen molar-refractivity contribution in [2.75, 3.05) is 26.9 Å². The van der Waals surface area contributed by atoms with Gasteiger partial charge in [0.1, 0.15) is 24.7 Å². The van der Waals surface area contributed by atoms with Gasteiger partial charge in [-0.3, -0.25) is 4.79 Å². The summed E-state index contributed by atoms with van der Waals surface area (Å²) in [4.78, 5) is 27.5. The number of phenols is 1. The number of ketones is 1. The largest absolute Gasteiger partial charge is 0.504 e. The molecule has 0 unspecified atom stereocenters. The number of dihydropyridines is 1. The van der Waals surface area contributed by atoms with E-state index >= 15 is 0 Å². The number of para-hydroxylation sites is 1. The van der Waals surface area contributed by atoms with E-state index in [0.29, 0.717) is 47.6 Å². The average Bonchev–Trinajstić information content (AvgIpc) is 3.00. The van der Waals surface area contributed by atoms with Crippen LogP contribution in [0, 0.1) is 0 Å². The van der Waals surface area contributed by atoms with E-state index < -0.39 is 11.9 Å². The topological polar surface area (TPSA) is 103 Å². The lowest BCUT2D eigenvalue weighted by molar-refractivity contribution is -0.140. The molecule has 0 saturated carbocycles. The molecule has 8 nitrogen and oxygen atoms in total. The summed E-state index contributed by atoms with van der Waals surface area (Å²) in [6.45, 7) is 4.22. The zero-order chi connectivity index (χ0) is 29.6. The minimum atomic E-state index is -0.687. The number of nitrogens with one attached hydrogen (secondary N) is 1. The number of rotatable bonds is 10. The van der Waals surface area contributed by atoms with Gasteiger partial charge >= 0.3 is 5.97 Å². The molecule has 0 fully saturated rings. The number of aromatic hydroxyl groups is 1. The van der Waals surface area contributed by atoms with Gasteiger partial charge in [0.25, 0.3) is 0 Å². The van der Waals surface area contributed by atoms with Crippen LogP contribution in [0.25, 0.3) is 0 Å². The number of carbonyl (C=O) groups excluding carboxylic acids is 2. The second-order valence-corrected chi connectivity index (χ2v) is 10.2. The lowest BCUT2D eigenvalue weighted by Crippen LogP contribution is -2.36. The third-order valence-corrected chi connectivity index (χ3v) is 7.58. The molecule has 1 heterocycles. The molecular formula is C34H35NO7. The van der Waals surface area contributed by atoms with Gasteiger partial charge in [-0.1, -0.05) is 36.4 Å². The Morgan fingerprint density at radius 3 is 2.38 bits per heavy atom. The zero-order valence-electron chi connectivity index (χ0n) is 24.0. The Kier molecular flexibility index (Phi) is 8.81. The molecule has 1 aliphatic heterocycles. The van der Waals surface area contributed by atoms with E-state index in [2.05, 4.69) is 5.32 Å². The first-order valence-corrected chi connectivity index (χ1v) is 14.1. The number of phenolic OH excluding ortho intramolecular Hbond substituents is 1. The van der Waals surface area contributed by atoms with Crippen LogP contribution in [0.5, 0.6) is 23.0 Å². The Morgan fingerprint density at radius 1 is 0.929 bits per heavy atom. The molecule has 5 rings (SSSR count). The van der Waals surface area contributed by atoms with E-state index in [1.807, 2.05) is 68.4 Å². The van der Waals surface area contributed by atoms with Gasteiger partial charge in [0.05, 0.1) is 19.3 Å². The van der Waals surface area contributed by atoms with Crippen molar-refractivity contribution in [1.29, 1.82) is 0 Å². The molecule has 3 aromatic carbocycles. The maximum Gasteiger partial charge on any atom is 0.336 e. The van der Waals surface area contributed by atoms with Gasteiger partial charge in [-0.25, -0.2) is 4.79 Å². The molecule has 1 aliphatic carbocycles. The minimum absolute atomic E-state index is 0.0128. The van der Waals surface area contributed by atoms with Crippen LogP contribution in [0.4, 0.5) is 0 Å². The predicted molar refractivity (Wildman–Crippen MR) is 158 cm³/mol. The fraction of sp³-hybridized carbons (Fsp3) is 0.294. The molecule has 0 bridgehead atoms. The lowest BCUT2D eigenvalue weighted by Gasteiger charge is -2.36. The van der Waals surface area contributed by atoms with Crippen LogP contribution < -0.4 is 19.5 Å². The summed E-state index contributed by atoms with van der Waals surface area (Å²) in [5.74, 6) is 0.416. The summed E-state index contributed by atoms with van der Waals surface area (Å²) in [5, 5.41) is 13.7. The Hall–Kier alpha value is -4.72. The van der Waals surface area contributed by atoms with Crippen LogP contribution in [0.2, 0.25) is 0 Å². The Bertz CT molecular complexity index is 1510. The van der Waals surface area contributed by atoms with Crippen LogP contribution in [0.15, 0.2) is 95.3 Å². The minimum Gasteiger partial charge on any atom is -0.504 e. The predicted octanol–water partition coefficient (Wildman–Crippen LogP) is 5.78. The first-order valence-electron chi connectivity index (χ1n) is 14.1. The van der Waals surface area contributed by atoms with Crippen molar-refractivity contribution in [3.05, 3.63) is 106 Å². The highest BCUT2D eigenvalue weighted by molar-refractivity contribution is 6.04. The molecule has 0 spiro atoms. The Labute approximate surface area is 245 Å². The number of ether oxygens (including phenoxy) is 4. The third kappa shape index (κ3) is 6.12. The lowest BCUT2D eigenvalue weighted by atomic mass is 9.71. The van der Waals surface area contributed by atoms with E-state index in [-0.39, 0.29) is 36.4 Å². The van der Waals surface area contributed by atoms with Crippen molar-refractivity contribution in [3.8, 4) is 23.0 Å². The number of carbonyl (C=O) groups is 2. The summed E-state index contributed by atoms with van der Waals surface area (Å²) in [6, 6.07) is 22.0. The van der Waals surface area contributed by atoms with Crippen LogP contribution in [-0.4, -0.2) is 43.8 Å². The standard InChI is InChI=1S/C34H35NO7/c1-4-40-30-20-23(12-15-28(30)36)32-31(34(38)42-17-16-41-26-8-6-5-7-9-26)21(2)35-27-18-24(19-29(37)33(27)32)22-10-13-25(39-3)14-11-22/h5-15,20,24,32,35-36H,4,16-19H2,1-3H3/t24-,32+/m1/s1. The number of esters is 1. The van der Waals surface area contributed by atoms with Gasteiger partial charge in [-0.05, 0) is 73.7 Å². The fourth-order valence-corrected chi connectivity index (χ4v) is 5.62. The van der Waals surface area contributed by atoms with Gasteiger partial charge in [-0.15, -0.1) is 0 Å². The van der Waals surface area contributed by atoms with Crippen molar-refractivity contribution >= 4 is 11.8 Å². The smallest absolute Gasteiger partial charge is 0.336 e. The third-order valence-electron chi connectivity index (χ3n) is 7.58. The van der Waals surface area contributed by atoms with E-state index in [1.165, 1.54) is 6.07 Å². The van der Waals surface area contributed by atoms with Crippen molar-refractivity contribution < 1.29 is 33.6 Å². The highest BCUT2D eigenvalue weighted by Gasteiger charge is 2.41. The zero-order valence-corrected chi connectivity index (χ0v) is 24.0. The Balaban J connectivity index is 1.45. The van der Waals surface area contributed by atoms with Crippen LogP contribution >= 0.6 is 0 Å². The maximum absolute atomic E-state index is 13.9. The molecule has 2 aliphatic rings. The van der Waals surface area contributed by atoms with Crippen molar-refractivity contribution in [2.45, 2.75) is 38.5 Å². The van der Waals surface area contributed by atoms with Crippen molar-refractivity contribution in [1.82, 2.24) is 5.32 Å². The van der Waals surface area contributed by atoms with Crippen LogP contribution in [0.3, 0.4) is 0 Å². The molecule has 42 heavy (non-hydrogen) atoms. The van der Waals surface area contributed by atoms with Crippen molar-refractivity contribution in [3.63, 3.8) is 0 Å². The van der Waals surface area contributed by atoms with E-state index in [9.17, 15) is 14.7 Å². The first-order chi connectivity index (χ1) is 20.4. The number of allylic oxidation sites excluding steroid dienone is 3. The van der Waals surface area contributed by atoms with Gasteiger partial charge in [0.15, 0.2) is 17.3 Å². The number of benzene rings is 3. The quantitative estimate of drug-likeness (QED) is 0.234. The monoisotopic (exact) mass is 569 g/mol. The van der Waals surface area contributed by atoms with Gasteiger partial charge in [0.2, 0.25) is 0 Å². The summed E-state index contributed by atoms with van der Waals surface area (Å²) < 4.78 is 22.3. The maximum atomic E-state index is 13.9. The molecule has 0 aromatic heterocycles. The molecule has 2 atom stereocenters. The van der Waals surface area contributed by atoms with Crippen LogP contribution in [-0.2, 0) is 14.3 Å². The van der Waals surface area contributed by atoms with Crippen molar-refractivity contribution in [2.24, 2.45) is 0 Å². The molecule has 0 radical (unpaired) electrons. The van der Waals surface area contributed by atoms with Crippen LogP contribution in [0.1, 0.15) is 49.7 Å². The summed E-state index contributed by atoms with van der Waals surface area (Å²) in [6.07, 6.45) is 0.900. The second-order valence-electron chi connectivity index (χ2n) is 10.2. The molecule has 0 amide bonds. The summed E-state index contributed by atoms with van der Waals surface area (Å²) in [7, 11) is 1.62. The van der Waals surface area contributed by atoms with E-state index in [0.717, 1.165) is 17.0 Å². The fourth-order valence-electron chi connectivity index (χ4n) is 5.62. The number of methoxy groups -OCH3 is 1. The molecule has 2 N–H and O–H groups in total. The first kappa shape index (κ1) is 28.8. The number of Topliss-reactive ketones (excluding diaryl/α,β-unsaturated/α-hetero) is 1. The highest BCUT2D eigenvalue weighted by atomic mass is 16.6. The molecular weight excluding hydrogens is 534 g/mol. The van der Waals surface area contributed by atoms with Gasteiger partial charge < -0.3 is 29.4 Å². The van der Waals surface area contributed by atoms with E-state index in [4.69, 9.17) is 18.9 Å². The van der Waals surface area contributed by atoms with E-state index in [1.54, 1.807) is 19.2 Å². The van der Waals surface area contributed by atoms with Gasteiger partial charge in [-0.2, -0.15) is 0 Å². The second kappa shape index (κ2) is 12.9. The summed E-state index contributed by atoms with van der Waals surface area (Å²) >= 11 is 0. The molecule has 0 saturated heterocycles. The SMILES string of the molecule is CCOc1cc([C@H]2C(C(=O)OCCOc3ccccc3)=C(C)NC3=C2C(=O)C[C@H](c2ccc(OC)cc2)C3)ccc1O. The average molecular weight is 570 g/mol. The normalized spacial score (nSPS) is 18.2. The molecule has 218 valence electrons. The van der Waals surface area contributed by atoms with Gasteiger partial charge in [0, 0.05) is 29.3 Å². The highest BCUT2D eigenvalue weighted by Crippen LogP contribution is 2.47. The number of hydrogen-bond donors (Lipinski definition) is 2. The number of hydrogen-bond acceptors (Lipinski definition) is 8. The molecule has 3 aromatic rings. The Morgan fingerprint density at radius 2 is 1.67 bits per heavy atom.